The van der Waals surface area contributed by atoms with E-state index >= 15 is 0 Å². The predicted octanol–water partition coefficient (Wildman–Crippen LogP) is 4.53. The summed E-state index contributed by atoms with van der Waals surface area (Å²) in [4.78, 5) is 0. The molecule has 1 atom stereocenters. The summed E-state index contributed by atoms with van der Waals surface area (Å²) in [5, 5.41) is 0. The molecule has 0 saturated heterocycles. The lowest BCUT2D eigenvalue weighted by Gasteiger charge is -2.15. The summed E-state index contributed by atoms with van der Waals surface area (Å²) >= 11 is 0. The minimum absolute atomic E-state index is 0. The van der Waals surface area contributed by atoms with Crippen molar-refractivity contribution >= 4 is 0 Å². The molecule has 0 spiro atoms. The number of rotatable bonds is 3. The van der Waals surface area contributed by atoms with E-state index in [0.29, 0.717) is 0 Å². The second kappa shape index (κ2) is 6.16. The summed E-state index contributed by atoms with van der Waals surface area (Å²) < 4.78 is 13.2. The normalized spacial score (nSPS) is 11.6. The molecule has 2 heteroatoms. The molecule has 0 aliphatic carbocycles. The van der Waals surface area contributed by atoms with Gasteiger partial charge in [0.05, 0.1) is 0 Å². The summed E-state index contributed by atoms with van der Waals surface area (Å²) in [7, 11) is 0. The molecule has 2 aromatic rings. The van der Waals surface area contributed by atoms with Crippen molar-refractivity contribution in [1.29, 1.82) is 0 Å². The fraction of sp³-hybridized carbons (Fsp3) is 0.200. The van der Waals surface area contributed by atoms with E-state index in [1.54, 1.807) is 12.1 Å². The van der Waals surface area contributed by atoms with E-state index in [1.807, 2.05) is 24.3 Å². The maximum atomic E-state index is 13.2. The van der Waals surface area contributed by atoms with Crippen molar-refractivity contribution in [3.63, 3.8) is 0 Å². The Labute approximate surface area is 102 Å². The molecular formula is C15H18FN. The molecule has 90 valence electrons. The zero-order valence-electron chi connectivity index (χ0n) is 10.1. The largest absolute Gasteiger partial charge is 0.344 e. The van der Waals surface area contributed by atoms with Crippen LogP contribution in [0.3, 0.4) is 0 Å². The Kier molecular flexibility index (Phi) is 4.85. The van der Waals surface area contributed by atoms with Crippen LogP contribution in [0.4, 0.5) is 4.39 Å². The van der Waals surface area contributed by atoms with Gasteiger partial charge in [0.1, 0.15) is 5.82 Å². The van der Waals surface area contributed by atoms with Gasteiger partial charge in [-0.1, -0.05) is 49.4 Å². The molecule has 0 aliphatic heterocycles. The van der Waals surface area contributed by atoms with Gasteiger partial charge in [-0.2, -0.15) is 0 Å². The molecule has 2 aromatic carbocycles. The van der Waals surface area contributed by atoms with Crippen molar-refractivity contribution in [2.75, 3.05) is 0 Å². The number of hydrogen-bond donors (Lipinski definition) is 1. The van der Waals surface area contributed by atoms with Crippen molar-refractivity contribution in [3.05, 3.63) is 71.5 Å². The fourth-order valence-corrected chi connectivity index (χ4v) is 2.07. The summed E-state index contributed by atoms with van der Waals surface area (Å²) in [6.45, 7) is 2.13. The molecule has 3 N–H and O–H groups in total. The zero-order valence-corrected chi connectivity index (χ0v) is 10.1. The Hall–Kier alpha value is -1.67. The summed E-state index contributed by atoms with van der Waals surface area (Å²) in [6.07, 6.45) is 0.980. The van der Waals surface area contributed by atoms with Gasteiger partial charge in [-0.25, -0.2) is 4.39 Å². The predicted molar refractivity (Wildman–Crippen MR) is 70.0 cm³/mol. The van der Waals surface area contributed by atoms with Crippen LogP contribution in [0.15, 0.2) is 54.6 Å². The topological polar surface area (TPSA) is 35.0 Å². The number of benzene rings is 2. The zero-order chi connectivity index (χ0) is 11.4. The number of halogens is 1. The van der Waals surface area contributed by atoms with E-state index in [2.05, 4.69) is 19.1 Å². The molecule has 0 radical (unpaired) electrons. The van der Waals surface area contributed by atoms with E-state index in [0.717, 1.165) is 12.0 Å². The summed E-state index contributed by atoms with van der Waals surface area (Å²) in [5.41, 5.74) is 2.30. The van der Waals surface area contributed by atoms with Crippen molar-refractivity contribution < 1.29 is 4.39 Å². The van der Waals surface area contributed by atoms with Gasteiger partial charge in [-0.15, -0.1) is 0 Å². The number of hydrogen-bond acceptors (Lipinski definition) is 1. The van der Waals surface area contributed by atoms with E-state index < -0.39 is 0 Å². The maximum Gasteiger partial charge on any atom is 0.123 e. The standard InChI is InChI=1S/C15H15F.H3N/c1-2-15(12-7-4-3-5-8-12)13-9-6-10-14(16)11-13;/h3-11,15H,2H2,1H3;1H3. The molecular weight excluding hydrogens is 213 g/mol. The van der Waals surface area contributed by atoms with Crippen LogP contribution in [0, 0.1) is 5.82 Å². The molecule has 0 amide bonds. The first kappa shape index (κ1) is 13.4. The Balaban J connectivity index is 0.00000144. The van der Waals surface area contributed by atoms with Crippen molar-refractivity contribution in [3.8, 4) is 0 Å². The highest BCUT2D eigenvalue weighted by atomic mass is 19.1. The summed E-state index contributed by atoms with van der Waals surface area (Å²) in [5.74, 6) is 0.129. The second-order valence-corrected chi connectivity index (χ2v) is 3.93. The van der Waals surface area contributed by atoms with Crippen LogP contribution < -0.4 is 6.15 Å². The minimum atomic E-state index is -0.160. The molecule has 0 heterocycles. The third kappa shape index (κ3) is 3.14. The lowest BCUT2D eigenvalue weighted by atomic mass is 9.89. The smallest absolute Gasteiger partial charge is 0.123 e. The van der Waals surface area contributed by atoms with Crippen molar-refractivity contribution in [2.24, 2.45) is 0 Å². The van der Waals surface area contributed by atoms with Crippen LogP contribution in [-0.2, 0) is 0 Å². The van der Waals surface area contributed by atoms with Gasteiger partial charge in [-0.3, -0.25) is 0 Å². The molecule has 0 aromatic heterocycles. The van der Waals surface area contributed by atoms with E-state index in [9.17, 15) is 4.39 Å². The highest BCUT2D eigenvalue weighted by molar-refractivity contribution is 5.32. The first-order valence-electron chi connectivity index (χ1n) is 5.61. The molecule has 1 unspecified atom stereocenters. The summed E-state index contributed by atoms with van der Waals surface area (Å²) in [6, 6.07) is 17.1. The molecule has 0 bridgehead atoms. The van der Waals surface area contributed by atoms with Crippen LogP contribution in [0.2, 0.25) is 0 Å². The molecule has 2 rings (SSSR count). The van der Waals surface area contributed by atoms with Crippen molar-refractivity contribution in [2.45, 2.75) is 19.3 Å². The van der Waals surface area contributed by atoms with E-state index in [1.165, 1.54) is 11.6 Å². The average molecular weight is 231 g/mol. The highest BCUT2D eigenvalue weighted by Crippen LogP contribution is 2.27. The first-order valence-corrected chi connectivity index (χ1v) is 5.61. The van der Waals surface area contributed by atoms with E-state index in [-0.39, 0.29) is 17.9 Å². The molecule has 0 aliphatic rings. The lowest BCUT2D eigenvalue weighted by molar-refractivity contribution is 0.622. The van der Waals surface area contributed by atoms with Gasteiger partial charge in [0.25, 0.3) is 0 Å². The van der Waals surface area contributed by atoms with Gasteiger partial charge in [-0.05, 0) is 29.7 Å². The van der Waals surface area contributed by atoms with Crippen LogP contribution in [-0.4, -0.2) is 0 Å². The third-order valence-electron chi connectivity index (χ3n) is 2.86. The quantitative estimate of drug-likeness (QED) is 0.827. The monoisotopic (exact) mass is 231 g/mol. The van der Waals surface area contributed by atoms with Gasteiger partial charge in [0, 0.05) is 5.92 Å². The molecule has 17 heavy (non-hydrogen) atoms. The molecule has 0 saturated carbocycles. The average Bonchev–Trinajstić information content (AvgIpc) is 2.31. The third-order valence-corrected chi connectivity index (χ3v) is 2.86. The highest BCUT2D eigenvalue weighted by Gasteiger charge is 2.11. The van der Waals surface area contributed by atoms with Gasteiger partial charge in [0.2, 0.25) is 0 Å². The molecule has 0 fully saturated rings. The Morgan fingerprint density at radius 3 is 2.18 bits per heavy atom. The van der Waals surface area contributed by atoms with Crippen LogP contribution in [0.25, 0.3) is 0 Å². The Morgan fingerprint density at radius 1 is 0.941 bits per heavy atom. The minimum Gasteiger partial charge on any atom is -0.344 e. The van der Waals surface area contributed by atoms with E-state index in [4.69, 9.17) is 0 Å². The molecule has 1 nitrogen and oxygen atoms in total. The Morgan fingerprint density at radius 2 is 1.59 bits per heavy atom. The van der Waals surface area contributed by atoms with Crippen molar-refractivity contribution in [1.82, 2.24) is 6.15 Å². The Bertz CT molecular complexity index is 453. The van der Waals surface area contributed by atoms with Crippen LogP contribution in [0.5, 0.6) is 0 Å². The SMILES string of the molecule is CCC(c1ccccc1)c1cccc(F)c1.N. The second-order valence-electron chi connectivity index (χ2n) is 3.93. The van der Waals surface area contributed by atoms with Gasteiger partial charge < -0.3 is 6.15 Å². The van der Waals surface area contributed by atoms with Gasteiger partial charge >= 0.3 is 0 Å². The maximum absolute atomic E-state index is 13.2. The van der Waals surface area contributed by atoms with Crippen LogP contribution >= 0.6 is 0 Å². The fourth-order valence-electron chi connectivity index (χ4n) is 2.07. The van der Waals surface area contributed by atoms with Crippen LogP contribution in [0.1, 0.15) is 30.4 Å². The first-order chi connectivity index (χ1) is 7.81. The van der Waals surface area contributed by atoms with Gasteiger partial charge in [0.15, 0.2) is 0 Å². The lowest BCUT2D eigenvalue weighted by Crippen LogP contribution is -1.99.